The van der Waals surface area contributed by atoms with Crippen LogP contribution in [0.25, 0.3) is 0 Å². The number of Topliss-reactive ketones (excluding diaryl/α,β-unsaturated/α-hetero) is 1. The summed E-state index contributed by atoms with van der Waals surface area (Å²) in [5.74, 6) is -0.211. The molecule has 0 N–H and O–H groups in total. The van der Waals surface area contributed by atoms with Crippen LogP contribution < -0.4 is 4.46 Å². The van der Waals surface area contributed by atoms with E-state index in [4.69, 9.17) is 9.47 Å². The molecule has 0 unspecified atom stereocenters. The van der Waals surface area contributed by atoms with Crippen LogP contribution in [0.2, 0.25) is 4.82 Å². The number of carbonyl (C=O) groups is 1. The van der Waals surface area contributed by atoms with E-state index in [1.165, 1.54) is 4.46 Å². The van der Waals surface area contributed by atoms with Crippen molar-refractivity contribution < 1.29 is 14.3 Å². The summed E-state index contributed by atoms with van der Waals surface area (Å²) in [5, 5.41) is 0. The molecule has 3 atom stereocenters. The third-order valence-corrected chi connectivity index (χ3v) is 6.81. The molecule has 0 aromatic heterocycles. The molecule has 3 nitrogen and oxygen atoms in total. The molecule has 0 amide bonds. The minimum atomic E-state index is -0.498. The maximum atomic E-state index is 12.0. The molecule has 1 fully saturated rings. The first-order chi connectivity index (χ1) is 10.4. The van der Waals surface area contributed by atoms with E-state index in [-0.39, 0.29) is 37.8 Å². The van der Waals surface area contributed by atoms with Gasteiger partial charge in [-0.25, -0.2) is 0 Å². The van der Waals surface area contributed by atoms with Gasteiger partial charge in [0.2, 0.25) is 0 Å². The molecular weight excluding hydrogens is 343 g/mol. The summed E-state index contributed by atoms with van der Waals surface area (Å²) in [5.41, 5.74) is 0. The molecule has 1 aromatic carbocycles. The molecule has 0 aliphatic carbocycles. The van der Waals surface area contributed by atoms with Crippen molar-refractivity contribution in [2.75, 3.05) is 0 Å². The number of ketones is 1. The predicted octanol–water partition coefficient (Wildman–Crippen LogP) is 3.10. The first-order valence-electron chi connectivity index (χ1n) is 7.99. The van der Waals surface area contributed by atoms with E-state index in [1.54, 1.807) is 6.92 Å². The third-order valence-electron chi connectivity index (χ3n) is 3.88. The Kier molecular flexibility index (Phi) is 6.22. The SMILES string of the molecule is CC[C@H]1OC(C)(C)O[C@@H]1CC[C@H]([Se]c1ccccc1)C(C)=O. The number of benzene rings is 1. The molecule has 122 valence electrons. The molecule has 1 saturated heterocycles. The van der Waals surface area contributed by atoms with Crippen molar-refractivity contribution in [3.63, 3.8) is 0 Å². The van der Waals surface area contributed by atoms with Crippen LogP contribution in [0.4, 0.5) is 0 Å². The Bertz CT molecular complexity index is 486. The first kappa shape index (κ1) is 17.7. The predicted molar refractivity (Wildman–Crippen MR) is 89.6 cm³/mol. The fourth-order valence-corrected chi connectivity index (χ4v) is 5.05. The molecule has 1 aliphatic rings. The Labute approximate surface area is 139 Å². The van der Waals surface area contributed by atoms with Crippen LogP contribution in [0, 0.1) is 0 Å². The average molecular weight is 369 g/mol. The van der Waals surface area contributed by atoms with E-state index < -0.39 is 5.79 Å². The Morgan fingerprint density at radius 1 is 1.23 bits per heavy atom. The van der Waals surface area contributed by atoms with Crippen molar-refractivity contribution >= 4 is 25.2 Å². The second-order valence-electron chi connectivity index (χ2n) is 6.23. The average Bonchev–Trinajstić information content (AvgIpc) is 2.78. The molecule has 22 heavy (non-hydrogen) atoms. The molecule has 2 rings (SSSR count). The van der Waals surface area contributed by atoms with Crippen LogP contribution in [0.15, 0.2) is 30.3 Å². The summed E-state index contributed by atoms with van der Waals surface area (Å²) < 4.78 is 13.2. The van der Waals surface area contributed by atoms with Crippen LogP contribution in [0.3, 0.4) is 0 Å². The van der Waals surface area contributed by atoms with E-state index in [0.29, 0.717) is 0 Å². The van der Waals surface area contributed by atoms with Gasteiger partial charge in [-0.05, 0) is 0 Å². The van der Waals surface area contributed by atoms with Crippen molar-refractivity contribution in [1.29, 1.82) is 0 Å². The molecule has 1 aromatic rings. The monoisotopic (exact) mass is 370 g/mol. The zero-order chi connectivity index (χ0) is 16.2. The van der Waals surface area contributed by atoms with Crippen LogP contribution in [-0.4, -0.2) is 38.7 Å². The van der Waals surface area contributed by atoms with Crippen LogP contribution >= 0.6 is 0 Å². The van der Waals surface area contributed by atoms with Gasteiger partial charge in [0.1, 0.15) is 0 Å². The number of hydrogen-bond acceptors (Lipinski definition) is 3. The van der Waals surface area contributed by atoms with Crippen LogP contribution in [-0.2, 0) is 14.3 Å². The van der Waals surface area contributed by atoms with Crippen molar-refractivity contribution in [1.82, 2.24) is 0 Å². The second-order valence-corrected chi connectivity index (χ2v) is 8.91. The quantitative estimate of drug-likeness (QED) is 0.693. The summed E-state index contributed by atoms with van der Waals surface area (Å²) in [6.07, 6.45) is 2.97. The number of ether oxygens (including phenoxy) is 2. The number of carbonyl (C=O) groups excluding carboxylic acids is 1. The Hall–Kier alpha value is -0.671. The Morgan fingerprint density at radius 2 is 1.86 bits per heavy atom. The molecular formula is C18H26O3Se. The minimum absolute atomic E-state index is 0.105. The van der Waals surface area contributed by atoms with Gasteiger partial charge in [-0.2, -0.15) is 0 Å². The standard InChI is InChI=1S/C18H26O3Se/c1-5-15-16(21-18(3,4)20-15)11-12-17(13(2)19)22-14-9-7-6-8-10-14/h6-10,15-17H,5,11-12H2,1-4H3/t15-,16-,17+/m1/s1. The van der Waals surface area contributed by atoms with Gasteiger partial charge in [0, 0.05) is 0 Å². The number of hydrogen-bond donors (Lipinski definition) is 0. The molecule has 4 heteroatoms. The summed E-state index contributed by atoms with van der Waals surface area (Å²) in [4.78, 5) is 12.1. The Morgan fingerprint density at radius 3 is 2.45 bits per heavy atom. The van der Waals surface area contributed by atoms with Gasteiger partial charge < -0.3 is 0 Å². The van der Waals surface area contributed by atoms with Crippen molar-refractivity contribution in [2.45, 2.75) is 69.8 Å². The number of rotatable bonds is 7. The van der Waals surface area contributed by atoms with Crippen LogP contribution in [0.1, 0.15) is 47.0 Å². The second kappa shape index (κ2) is 7.74. The van der Waals surface area contributed by atoms with Gasteiger partial charge in [-0.3, -0.25) is 0 Å². The molecule has 0 bridgehead atoms. The van der Waals surface area contributed by atoms with E-state index >= 15 is 0 Å². The summed E-state index contributed by atoms with van der Waals surface area (Å²) in [6.45, 7) is 7.76. The Balaban J connectivity index is 1.93. The fourth-order valence-electron chi connectivity index (χ4n) is 2.82. The molecule has 0 spiro atoms. The van der Waals surface area contributed by atoms with Gasteiger partial charge in [0.05, 0.1) is 0 Å². The van der Waals surface area contributed by atoms with Gasteiger partial charge in [-0.15, -0.1) is 0 Å². The van der Waals surface area contributed by atoms with Crippen LogP contribution in [0.5, 0.6) is 0 Å². The van der Waals surface area contributed by atoms with E-state index in [2.05, 4.69) is 19.1 Å². The molecule has 1 aliphatic heterocycles. The van der Waals surface area contributed by atoms with E-state index in [9.17, 15) is 4.79 Å². The first-order valence-corrected chi connectivity index (χ1v) is 9.83. The summed E-state index contributed by atoms with van der Waals surface area (Å²) in [6, 6.07) is 10.3. The molecule has 1 heterocycles. The van der Waals surface area contributed by atoms with Gasteiger partial charge >= 0.3 is 140 Å². The summed E-state index contributed by atoms with van der Waals surface area (Å²) >= 11 is 0.184. The van der Waals surface area contributed by atoms with Gasteiger partial charge in [-0.1, -0.05) is 0 Å². The zero-order valence-corrected chi connectivity index (χ0v) is 15.6. The van der Waals surface area contributed by atoms with E-state index in [1.807, 2.05) is 32.0 Å². The maximum absolute atomic E-state index is 12.0. The van der Waals surface area contributed by atoms with Crippen molar-refractivity contribution in [3.05, 3.63) is 30.3 Å². The van der Waals surface area contributed by atoms with Crippen molar-refractivity contribution in [2.24, 2.45) is 0 Å². The summed E-state index contributed by atoms with van der Waals surface area (Å²) in [7, 11) is 0. The van der Waals surface area contributed by atoms with E-state index in [0.717, 1.165) is 19.3 Å². The third kappa shape index (κ3) is 4.92. The normalized spacial score (nSPS) is 25.1. The molecule has 0 radical (unpaired) electrons. The van der Waals surface area contributed by atoms with Crippen molar-refractivity contribution in [3.8, 4) is 0 Å². The zero-order valence-electron chi connectivity index (χ0n) is 13.9. The van der Waals surface area contributed by atoms with Gasteiger partial charge in [0.15, 0.2) is 0 Å². The topological polar surface area (TPSA) is 35.5 Å². The fraction of sp³-hybridized carbons (Fsp3) is 0.611. The molecule has 0 saturated carbocycles. The van der Waals surface area contributed by atoms with Gasteiger partial charge in [0.25, 0.3) is 0 Å².